The van der Waals surface area contributed by atoms with Crippen LogP contribution >= 0.6 is 0 Å². The monoisotopic (exact) mass is 767 g/mol. The van der Waals surface area contributed by atoms with E-state index < -0.39 is 33.9 Å². The molecule has 0 bridgehead atoms. The highest BCUT2D eigenvalue weighted by Gasteiger charge is 2.67. The van der Waals surface area contributed by atoms with E-state index in [1.54, 1.807) is 6.08 Å². The second-order valence-electron chi connectivity index (χ2n) is 21.8. The zero-order chi connectivity index (χ0) is 39.5. The van der Waals surface area contributed by atoms with Crippen LogP contribution in [0.2, 0.25) is 39.3 Å². The van der Waals surface area contributed by atoms with Crippen LogP contribution in [0, 0.1) is 28.1 Å². The molecule has 6 nitrogen and oxygen atoms in total. The summed E-state index contributed by atoms with van der Waals surface area (Å²) in [6.45, 7) is 36.4. The number of allylic oxidation sites excluding steroid dienone is 2. The minimum Gasteiger partial charge on any atom is -0.414 e. The topological polar surface area (TPSA) is 66.8 Å². The van der Waals surface area contributed by atoms with Crippen molar-refractivity contribution in [2.45, 2.75) is 162 Å². The molecule has 6 aliphatic rings. The summed E-state index contributed by atoms with van der Waals surface area (Å²) in [4.78, 5) is 27.0. The molecule has 0 spiro atoms. The number of benzene rings is 1. The number of carbonyl (C=O) groups excluding carboxylic acids is 2. The van der Waals surface area contributed by atoms with Crippen LogP contribution in [-0.2, 0) is 24.8 Å². The molecule has 2 aromatic rings. The summed E-state index contributed by atoms with van der Waals surface area (Å²) in [5.41, 5.74) is 8.01. The summed E-state index contributed by atoms with van der Waals surface area (Å²) >= 11 is 0. The van der Waals surface area contributed by atoms with Gasteiger partial charge in [0.15, 0.2) is 22.4 Å². The Morgan fingerprint density at radius 2 is 1.61 bits per heavy atom. The van der Waals surface area contributed by atoms with Gasteiger partial charge in [0.25, 0.3) is 0 Å². The van der Waals surface area contributed by atoms with Gasteiger partial charge in [-0.05, 0) is 164 Å². The maximum absolute atomic E-state index is 15.1. The lowest BCUT2D eigenvalue weighted by Gasteiger charge is -2.65. The number of aldehydes is 1. The molecule has 3 heterocycles. The molecule has 0 N–H and O–H groups in total. The lowest BCUT2D eigenvalue weighted by molar-refractivity contribution is -0.155. The van der Waals surface area contributed by atoms with Gasteiger partial charge in [-0.2, -0.15) is 0 Å². The summed E-state index contributed by atoms with van der Waals surface area (Å²) < 4.78 is 23.4. The minimum atomic E-state index is -2.06. The van der Waals surface area contributed by atoms with Crippen molar-refractivity contribution in [1.82, 2.24) is 4.57 Å². The Hall–Kier alpha value is -2.37. The number of aromatic nitrogens is 1. The van der Waals surface area contributed by atoms with E-state index in [2.05, 4.69) is 117 Å². The van der Waals surface area contributed by atoms with Crippen LogP contribution in [-0.4, -0.2) is 50.6 Å². The summed E-state index contributed by atoms with van der Waals surface area (Å²) in [6, 6.07) is 2.06. The molecule has 2 saturated carbocycles. The molecule has 0 amide bonds. The number of ketones is 1. The fourth-order valence-corrected chi connectivity index (χ4v) is 15.6. The van der Waals surface area contributed by atoms with Gasteiger partial charge in [0.1, 0.15) is 12.3 Å². The number of fused-ring (bicyclic) bond motifs is 11. The molecule has 0 radical (unpaired) electrons. The van der Waals surface area contributed by atoms with Gasteiger partial charge in [-0.25, -0.2) is 0 Å². The molecular weight excluding hydrogens is 703 g/mol. The predicted octanol–water partition coefficient (Wildman–Crippen LogP) is 11.3. The fourth-order valence-electron chi connectivity index (χ4n) is 13.4. The van der Waals surface area contributed by atoms with Gasteiger partial charge >= 0.3 is 0 Å². The fraction of sp³-hybridized carbons (Fsp3) is 0.652. The minimum absolute atomic E-state index is 0.00234. The van der Waals surface area contributed by atoms with Gasteiger partial charge in [0.2, 0.25) is 0 Å². The third-order valence-corrected chi connectivity index (χ3v) is 17.0. The molecule has 2 aliphatic heterocycles. The van der Waals surface area contributed by atoms with E-state index in [4.69, 9.17) is 13.6 Å². The average Bonchev–Trinajstić information content (AvgIpc) is 3.68. The van der Waals surface area contributed by atoms with Crippen molar-refractivity contribution < 1.29 is 23.2 Å². The number of carbonyl (C=O) groups is 2. The lowest BCUT2D eigenvalue weighted by atomic mass is 9.40. The van der Waals surface area contributed by atoms with Crippen molar-refractivity contribution in [2.75, 3.05) is 0 Å². The molecule has 54 heavy (non-hydrogen) atoms. The normalized spacial score (nSPS) is 37.5. The Labute approximate surface area is 326 Å². The van der Waals surface area contributed by atoms with E-state index in [1.165, 1.54) is 27.8 Å². The maximum atomic E-state index is 15.1. The number of rotatable bonds is 7. The Morgan fingerprint density at radius 1 is 0.944 bits per heavy atom. The molecule has 292 valence electrons. The summed E-state index contributed by atoms with van der Waals surface area (Å²) in [6.07, 6.45) is 12.2. The highest BCUT2D eigenvalue weighted by molar-refractivity contribution is 6.70. The molecule has 4 aliphatic carbocycles. The van der Waals surface area contributed by atoms with Gasteiger partial charge in [-0.1, -0.05) is 39.0 Å². The number of nitrogens with zero attached hydrogens (tertiary/aromatic N) is 1. The number of hydrogen-bond donors (Lipinski definition) is 0. The van der Waals surface area contributed by atoms with E-state index >= 15 is 4.79 Å². The van der Waals surface area contributed by atoms with E-state index in [0.717, 1.165) is 60.6 Å². The summed E-state index contributed by atoms with van der Waals surface area (Å²) in [5.74, 6) is 0.877. The van der Waals surface area contributed by atoms with Gasteiger partial charge in [0.05, 0.1) is 34.5 Å². The molecule has 2 fully saturated rings. The molecule has 1 aromatic heterocycles. The lowest BCUT2D eigenvalue weighted by Crippen LogP contribution is -2.61. The quantitative estimate of drug-likeness (QED) is 0.121. The average molecular weight is 768 g/mol. The molecule has 8 rings (SSSR count). The van der Waals surface area contributed by atoms with Crippen LogP contribution in [0.5, 0.6) is 0 Å². The number of hydrogen-bond acceptors (Lipinski definition) is 5. The first-order valence-corrected chi connectivity index (χ1v) is 27.5. The molecule has 9 atom stereocenters. The predicted molar refractivity (Wildman–Crippen MR) is 224 cm³/mol. The van der Waals surface area contributed by atoms with Crippen LogP contribution in [0.4, 0.5) is 0 Å². The van der Waals surface area contributed by atoms with E-state index in [0.29, 0.717) is 11.8 Å². The molecule has 1 aromatic carbocycles. The molecular formula is C46H65NO5Si2. The van der Waals surface area contributed by atoms with Gasteiger partial charge < -0.3 is 18.2 Å². The second kappa shape index (κ2) is 11.6. The van der Waals surface area contributed by atoms with Crippen molar-refractivity contribution in [2.24, 2.45) is 28.1 Å². The number of ether oxygens (including phenoxy) is 1. The van der Waals surface area contributed by atoms with Crippen LogP contribution in [0.3, 0.4) is 0 Å². The van der Waals surface area contributed by atoms with E-state index in [9.17, 15) is 4.79 Å². The largest absolute Gasteiger partial charge is 0.414 e. The van der Waals surface area contributed by atoms with Crippen molar-refractivity contribution in [3.05, 3.63) is 64.4 Å². The standard InChI is InChI=1S/C46H65NO5Si2/c1-26(2)38-40(49)36-35-27(29-24-42(3,4)52-43(5,6)37(29)41(35)51-54(13,14)15)23-28-34-30-17-18-32-44(7,20-16-22-48)33(50-53(10,11)12)19-21-45(32,8)46(30,9)25-31(34)47(38)39(28)36/h16,20,22-24,30,32-33,37-38,41H,1,17-19,21,25H2,2-15H3/b20-16+/t30-,32?,33-,37+,38-,41+,44-,45-,46-/m0/s1. The second-order valence-corrected chi connectivity index (χ2v) is 30.7. The van der Waals surface area contributed by atoms with Crippen molar-refractivity contribution in [1.29, 1.82) is 0 Å². The zero-order valence-corrected chi connectivity index (χ0v) is 37.6. The Bertz CT molecular complexity index is 2070. The Morgan fingerprint density at radius 3 is 2.22 bits per heavy atom. The van der Waals surface area contributed by atoms with E-state index in [1.807, 2.05) is 6.92 Å². The first kappa shape index (κ1) is 38.5. The Kier molecular flexibility index (Phi) is 8.28. The van der Waals surface area contributed by atoms with Crippen LogP contribution in [0.15, 0.2) is 36.4 Å². The molecule has 1 unspecified atom stereocenters. The SMILES string of the molecule is C=C(C)[C@H]1C(=O)c2c3c(cc4c5c(n1c24)C[C@@]1(C)[C@H]5CCC2[C@](C)(/C=C/C=O)[C@@H](O[Si](C)(C)C)CC[C@@]21C)C1=CC(C)(C)OC(C)(C)[C@H]1[C@@H]3O[Si](C)(C)C. The van der Waals surface area contributed by atoms with Crippen molar-refractivity contribution in [3.8, 4) is 0 Å². The zero-order valence-electron chi connectivity index (χ0n) is 35.6. The van der Waals surface area contributed by atoms with Crippen molar-refractivity contribution >= 4 is 45.2 Å². The molecule has 0 saturated heterocycles. The summed E-state index contributed by atoms with van der Waals surface area (Å²) in [7, 11) is -3.90. The Balaban J connectivity index is 1.35. The van der Waals surface area contributed by atoms with Gasteiger partial charge in [0, 0.05) is 28.0 Å². The summed E-state index contributed by atoms with van der Waals surface area (Å²) in [5, 5.41) is 1.27. The number of Topliss-reactive ketones (excluding diaryl/α,β-unsaturated/α-hetero) is 1. The maximum Gasteiger partial charge on any atom is 0.192 e. The smallest absolute Gasteiger partial charge is 0.192 e. The highest BCUT2D eigenvalue weighted by Crippen LogP contribution is 2.73. The van der Waals surface area contributed by atoms with Gasteiger partial charge in [-0.15, -0.1) is 0 Å². The van der Waals surface area contributed by atoms with E-state index in [-0.39, 0.29) is 40.2 Å². The first-order chi connectivity index (χ1) is 24.8. The highest BCUT2D eigenvalue weighted by atomic mass is 28.4. The third kappa shape index (κ3) is 5.17. The van der Waals surface area contributed by atoms with Gasteiger partial charge in [-0.3, -0.25) is 9.59 Å². The molecule has 8 heteroatoms. The third-order valence-electron chi connectivity index (χ3n) is 15.1. The van der Waals surface area contributed by atoms with Crippen LogP contribution in [0.1, 0.15) is 132 Å². The van der Waals surface area contributed by atoms with Crippen LogP contribution < -0.4 is 0 Å². The van der Waals surface area contributed by atoms with Crippen molar-refractivity contribution in [3.63, 3.8) is 0 Å². The van der Waals surface area contributed by atoms with Crippen LogP contribution in [0.25, 0.3) is 16.5 Å². The first-order valence-electron chi connectivity index (χ1n) is 20.7.